The van der Waals surface area contributed by atoms with Crippen molar-refractivity contribution in [1.29, 1.82) is 0 Å². The zero-order valence-electron chi connectivity index (χ0n) is 6.40. The van der Waals surface area contributed by atoms with E-state index in [1.807, 2.05) is 0 Å². The molecular formula is C6H9N2O3. The first-order valence-electron chi connectivity index (χ1n) is 3.30. The third-order valence-electron chi connectivity index (χ3n) is 1.40. The van der Waals surface area contributed by atoms with Gasteiger partial charge in [-0.15, -0.1) is 0 Å². The SMILES string of the molecule is CCOC1C(=O)[N]C(=O)N1C. The van der Waals surface area contributed by atoms with E-state index in [4.69, 9.17) is 4.74 Å². The summed E-state index contributed by atoms with van der Waals surface area (Å²) in [5.74, 6) is -0.514. The number of imide groups is 1. The number of hydrogen-bond acceptors (Lipinski definition) is 3. The number of ether oxygens (including phenoxy) is 1. The Balaban J connectivity index is 2.63. The molecule has 11 heavy (non-hydrogen) atoms. The summed E-state index contributed by atoms with van der Waals surface area (Å²) < 4.78 is 4.96. The maximum atomic E-state index is 10.8. The van der Waals surface area contributed by atoms with Gasteiger partial charge < -0.3 is 4.74 Å². The molecule has 1 atom stereocenters. The van der Waals surface area contributed by atoms with Crippen LogP contribution in [0.25, 0.3) is 0 Å². The van der Waals surface area contributed by atoms with Gasteiger partial charge in [0.2, 0.25) is 6.23 Å². The fourth-order valence-electron chi connectivity index (χ4n) is 0.835. The highest BCUT2D eigenvalue weighted by Gasteiger charge is 2.38. The lowest BCUT2D eigenvalue weighted by molar-refractivity contribution is -0.134. The molecule has 0 saturated carbocycles. The molecule has 1 aliphatic rings. The second-order valence-electron chi connectivity index (χ2n) is 2.15. The molecule has 1 aliphatic heterocycles. The molecule has 0 spiro atoms. The summed E-state index contributed by atoms with van der Waals surface area (Å²) in [6, 6.07) is -0.534. The van der Waals surface area contributed by atoms with E-state index in [0.29, 0.717) is 6.61 Å². The van der Waals surface area contributed by atoms with Crippen LogP contribution in [0.2, 0.25) is 0 Å². The molecule has 1 fully saturated rings. The van der Waals surface area contributed by atoms with E-state index < -0.39 is 18.2 Å². The van der Waals surface area contributed by atoms with E-state index in [1.54, 1.807) is 6.92 Å². The summed E-state index contributed by atoms with van der Waals surface area (Å²) in [4.78, 5) is 22.7. The number of rotatable bonds is 2. The second kappa shape index (κ2) is 2.87. The van der Waals surface area contributed by atoms with Crippen molar-refractivity contribution in [3.05, 3.63) is 0 Å². The molecule has 0 N–H and O–H groups in total. The minimum atomic E-state index is -0.799. The van der Waals surface area contributed by atoms with Gasteiger partial charge in [-0.1, -0.05) is 0 Å². The normalized spacial score (nSPS) is 24.2. The molecule has 0 aromatic rings. The van der Waals surface area contributed by atoms with Crippen LogP contribution < -0.4 is 5.32 Å². The smallest absolute Gasteiger partial charge is 0.349 e. The van der Waals surface area contributed by atoms with Crippen LogP contribution in [-0.2, 0) is 9.53 Å². The van der Waals surface area contributed by atoms with Crippen LogP contribution in [0.4, 0.5) is 4.79 Å². The van der Waals surface area contributed by atoms with Crippen molar-refractivity contribution in [3.63, 3.8) is 0 Å². The van der Waals surface area contributed by atoms with Gasteiger partial charge >= 0.3 is 11.9 Å². The van der Waals surface area contributed by atoms with Gasteiger partial charge in [-0.3, -0.25) is 9.69 Å². The lowest BCUT2D eigenvalue weighted by Crippen LogP contribution is -2.33. The summed E-state index contributed by atoms with van der Waals surface area (Å²) in [5, 5.41) is 3.19. The Morgan fingerprint density at radius 2 is 2.27 bits per heavy atom. The minimum Gasteiger partial charge on any atom is -0.350 e. The van der Waals surface area contributed by atoms with Crippen LogP contribution in [0.1, 0.15) is 6.92 Å². The zero-order chi connectivity index (χ0) is 8.43. The van der Waals surface area contributed by atoms with Crippen molar-refractivity contribution in [3.8, 4) is 0 Å². The molecule has 0 aromatic heterocycles. The molecule has 1 heterocycles. The lowest BCUT2D eigenvalue weighted by atomic mass is 10.5. The van der Waals surface area contributed by atoms with Crippen LogP contribution in [0.5, 0.6) is 0 Å². The molecule has 5 nitrogen and oxygen atoms in total. The largest absolute Gasteiger partial charge is 0.350 e. The fraction of sp³-hybridized carbons (Fsp3) is 0.667. The fourth-order valence-corrected chi connectivity index (χ4v) is 0.835. The van der Waals surface area contributed by atoms with E-state index in [1.165, 1.54) is 11.9 Å². The third kappa shape index (κ3) is 1.32. The summed E-state index contributed by atoms with van der Waals surface area (Å²) in [6.07, 6.45) is -0.799. The Morgan fingerprint density at radius 1 is 1.64 bits per heavy atom. The minimum absolute atomic E-state index is 0.392. The predicted octanol–water partition coefficient (Wildman–Crippen LogP) is -0.455. The number of carbonyl (C=O) groups is 2. The second-order valence-corrected chi connectivity index (χ2v) is 2.15. The van der Waals surface area contributed by atoms with Crippen LogP contribution in [0.3, 0.4) is 0 Å². The van der Waals surface area contributed by atoms with Crippen molar-refractivity contribution in [1.82, 2.24) is 10.2 Å². The van der Waals surface area contributed by atoms with Crippen LogP contribution in [0.15, 0.2) is 0 Å². The summed E-state index contributed by atoms with van der Waals surface area (Å²) in [5.41, 5.74) is 0. The molecular weight excluding hydrogens is 148 g/mol. The van der Waals surface area contributed by atoms with Gasteiger partial charge in [-0.05, 0) is 6.92 Å². The summed E-state index contributed by atoms with van der Waals surface area (Å²) in [7, 11) is 1.48. The standard InChI is InChI=1S/C6H9N2O3/c1-3-11-5-4(9)7-6(10)8(5)2/h5H,3H2,1-2H3. The van der Waals surface area contributed by atoms with Crippen LogP contribution in [0, 0.1) is 0 Å². The summed E-state index contributed by atoms with van der Waals surface area (Å²) >= 11 is 0. The number of hydrogen-bond donors (Lipinski definition) is 0. The highest BCUT2D eigenvalue weighted by Crippen LogP contribution is 2.07. The number of carbonyl (C=O) groups excluding carboxylic acids is 2. The van der Waals surface area contributed by atoms with Crippen molar-refractivity contribution in [2.24, 2.45) is 0 Å². The van der Waals surface area contributed by atoms with Gasteiger partial charge in [0.1, 0.15) is 0 Å². The summed E-state index contributed by atoms with van der Waals surface area (Å²) in [6.45, 7) is 2.15. The number of nitrogens with zero attached hydrogens (tertiary/aromatic N) is 2. The average molecular weight is 157 g/mol. The average Bonchev–Trinajstić information content (AvgIpc) is 2.17. The number of urea groups is 1. The van der Waals surface area contributed by atoms with Gasteiger partial charge in [0.05, 0.1) is 0 Å². The molecule has 0 bridgehead atoms. The maximum Gasteiger partial charge on any atom is 0.349 e. The first kappa shape index (κ1) is 8.00. The van der Waals surface area contributed by atoms with Gasteiger partial charge in [0, 0.05) is 13.7 Å². The van der Waals surface area contributed by atoms with Crippen molar-refractivity contribution in [2.45, 2.75) is 13.2 Å². The quantitative estimate of drug-likeness (QED) is 0.510. The molecule has 3 amide bonds. The maximum absolute atomic E-state index is 10.8. The van der Waals surface area contributed by atoms with E-state index in [9.17, 15) is 9.59 Å². The van der Waals surface area contributed by atoms with E-state index in [2.05, 4.69) is 5.32 Å². The Hall–Kier alpha value is -1.10. The van der Waals surface area contributed by atoms with Gasteiger partial charge in [-0.25, -0.2) is 4.79 Å². The monoisotopic (exact) mass is 157 g/mol. The van der Waals surface area contributed by atoms with Crippen molar-refractivity contribution < 1.29 is 14.3 Å². The van der Waals surface area contributed by atoms with E-state index in [-0.39, 0.29) is 0 Å². The van der Waals surface area contributed by atoms with E-state index >= 15 is 0 Å². The first-order chi connectivity index (χ1) is 5.16. The molecule has 0 aliphatic carbocycles. The Labute approximate surface area is 64.3 Å². The Bertz CT molecular complexity index is 192. The Morgan fingerprint density at radius 3 is 2.64 bits per heavy atom. The topological polar surface area (TPSA) is 60.7 Å². The van der Waals surface area contributed by atoms with Gasteiger partial charge in [0.15, 0.2) is 0 Å². The molecule has 0 aromatic carbocycles. The van der Waals surface area contributed by atoms with Crippen molar-refractivity contribution >= 4 is 11.9 Å². The molecule has 1 saturated heterocycles. The highest BCUT2D eigenvalue weighted by molar-refractivity contribution is 6.02. The molecule has 61 valence electrons. The van der Waals surface area contributed by atoms with E-state index in [0.717, 1.165) is 0 Å². The van der Waals surface area contributed by atoms with Crippen LogP contribution >= 0.6 is 0 Å². The molecule has 5 heteroatoms. The number of likely N-dealkylation sites (N-methyl/N-ethyl adjacent to an activating group) is 1. The molecule has 1 rings (SSSR count). The molecule has 1 radical (unpaired) electrons. The lowest BCUT2D eigenvalue weighted by Gasteiger charge is -2.14. The predicted molar refractivity (Wildman–Crippen MR) is 35.7 cm³/mol. The van der Waals surface area contributed by atoms with Crippen molar-refractivity contribution in [2.75, 3.05) is 13.7 Å². The van der Waals surface area contributed by atoms with Gasteiger partial charge in [0.25, 0.3) is 0 Å². The highest BCUT2D eigenvalue weighted by atomic mass is 16.5. The van der Waals surface area contributed by atoms with Crippen LogP contribution in [-0.4, -0.2) is 36.7 Å². The Kier molecular flexibility index (Phi) is 2.09. The number of amides is 3. The molecule has 1 unspecified atom stereocenters. The first-order valence-corrected chi connectivity index (χ1v) is 3.30. The zero-order valence-corrected chi connectivity index (χ0v) is 6.40. The third-order valence-corrected chi connectivity index (χ3v) is 1.40. The van der Waals surface area contributed by atoms with Gasteiger partial charge in [-0.2, -0.15) is 5.32 Å².